The summed E-state index contributed by atoms with van der Waals surface area (Å²) in [5.41, 5.74) is -0.169. The van der Waals surface area contributed by atoms with Crippen LogP contribution in [0.4, 0.5) is 0 Å². The van der Waals surface area contributed by atoms with Gasteiger partial charge in [0.2, 0.25) is 5.91 Å². The SMILES string of the molecule is CC(=O)CN1CC2CC(C1)N2CC(=O)NC(C)(C)C. The number of piperidine rings is 1. The van der Waals surface area contributed by atoms with Gasteiger partial charge in [-0.25, -0.2) is 0 Å². The highest BCUT2D eigenvalue weighted by molar-refractivity contribution is 5.79. The molecule has 108 valence electrons. The van der Waals surface area contributed by atoms with E-state index in [1.807, 2.05) is 20.8 Å². The zero-order chi connectivity index (χ0) is 14.2. The van der Waals surface area contributed by atoms with Crippen molar-refractivity contribution in [2.45, 2.75) is 51.7 Å². The third-order valence-corrected chi connectivity index (χ3v) is 3.71. The van der Waals surface area contributed by atoms with Crippen molar-refractivity contribution in [1.82, 2.24) is 15.1 Å². The van der Waals surface area contributed by atoms with E-state index in [1.54, 1.807) is 6.92 Å². The number of hydrogen-bond donors (Lipinski definition) is 1. The third-order valence-electron chi connectivity index (χ3n) is 3.71. The van der Waals surface area contributed by atoms with E-state index in [4.69, 9.17) is 0 Å². The summed E-state index contributed by atoms with van der Waals surface area (Å²) in [4.78, 5) is 27.5. The first-order valence-corrected chi connectivity index (χ1v) is 7.03. The first-order valence-electron chi connectivity index (χ1n) is 7.03. The molecule has 0 aromatic carbocycles. The molecule has 3 aliphatic rings. The van der Waals surface area contributed by atoms with Crippen molar-refractivity contribution in [3.63, 3.8) is 0 Å². The number of piperazine rings is 1. The topological polar surface area (TPSA) is 52.7 Å². The number of fused-ring (bicyclic) bond motifs is 2. The minimum absolute atomic E-state index is 0.0993. The molecule has 0 saturated carbocycles. The average Bonchev–Trinajstić information content (AvgIpc) is 2.22. The summed E-state index contributed by atoms with van der Waals surface area (Å²) < 4.78 is 0. The highest BCUT2D eigenvalue weighted by Crippen LogP contribution is 2.31. The van der Waals surface area contributed by atoms with E-state index < -0.39 is 0 Å². The summed E-state index contributed by atoms with van der Waals surface area (Å²) in [5, 5.41) is 3.00. The molecule has 0 aromatic heterocycles. The maximum absolute atomic E-state index is 11.9. The van der Waals surface area contributed by atoms with Gasteiger partial charge in [0.25, 0.3) is 0 Å². The lowest BCUT2D eigenvalue weighted by molar-refractivity contribution is -0.134. The third kappa shape index (κ3) is 3.76. The number of nitrogens with zero attached hydrogens (tertiary/aromatic N) is 2. The summed E-state index contributed by atoms with van der Waals surface area (Å²) in [6.45, 7) is 10.5. The van der Waals surface area contributed by atoms with Crippen molar-refractivity contribution in [2.75, 3.05) is 26.2 Å². The maximum atomic E-state index is 11.9. The molecule has 3 rings (SSSR count). The molecule has 0 aromatic rings. The smallest absolute Gasteiger partial charge is 0.234 e. The lowest BCUT2D eigenvalue weighted by Crippen LogP contribution is -2.70. The zero-order valence-corrected chi connectivity index (χ0v) is 12.4. The van der Waals surface area contributed by atoms with Gasteiger partial charge in [0.15, 0.2) is 0 Å². The Morgan fingerprint density at radius 1 is 1.16 bits per heavy atom. The van der Waals surface area contributed by atoms with Crippen molar-refractivity contribution in [2.24, 2.45) is 0 Å². The monoisotopic (exact) mass is 267 g/mol. The molecule has 1 amide bonds. The number of ketones is 1. The zero-order valence-electron chi connectivity index (χ0n) is 12.4. The van der Waals surface area contributed by atoms with Crippen LogP contribution in [0, 0.1) is 0 Å². The van der Waals surface area contributed by atoms with Crippen LogP contribution in [-0.4, -0.2) is 65.3 Å². The Morgan fingerprint density at radius 3 is 2.21 bits per heavy atom. The maximum Gasteiger partial charge on any atom is 0.234 e. The fourth-order valence-corrected chi connectivity index (χ4v) is 3.10. The van der Waals surface area contributed by atoms with E-state index in [-0.39, 0.29) is 17.2 Å². The predicted molar refractivity (Wildman–Crippen MR) is 73.9 cm³/mol. The average molecular weight is 267 g/mol. The van der Waals surface area contributed by atoms with E-state index in [1.165, 1.54) is 0 Å². The van der Waals surface area contributed by atoms with Crippen LogP contribution < -0.4 is 5.32 Å². The molecular formula is C14H25N3O2. The van der Waals surface area contributed by atoms with Crippen molar-refractivity contribution in [3.05, 3.63) is 0 Å². The van der Waals surface area contributed by atoms with Crippen LogP contribution in [0.15, 0.2) is 0 Å². The Kier molecular flexibility index (Phi) is 3.97. The van der Waals surface area contributed by atoms with Crippen LogP contribution in [0.3, 0.4) is 0 Å². The van der Waals surface area contributed by atoms with Gasteiger partial charge in [0.05, 0.1) is 13.1 Å². The Labute approximate surface area is 115 Å². The number of rotatable bonds is 4. The van der Waals surface area contributed by atoms with Crippen molar-refractivity contribution >= 4 is 11.7 Å². The standard InChI is InChI=1S/C14H25N3O2/c1-10(18)6-16-7-11-5-12(8-16)17(11)9-13(19)15-14(2,3)4/h11-12H,5-9H2,1-4H3,(H,15,19). The summed E-state index contributed by atoms with van der Waals surface area (Å²) in [7, 11) is 0. The molecule has 5 heteroatoms. The highest BCUT2D eigenvalue weighted by atomic mass is 16.2. The largest absolute Gasteiger partial charge is 0.350 e. The minimum Gasteiger partial charge on any atom is -0.350 e. The van der Waals surface area contributed by atoms with Crippen molar-refractivity contribution in [3.8, 4) is 0 Å². The molecule has 0 aliphatic carbocycles. The van der Waals surface area contributed by atoms with E-state index in [0.717, 1.165) is 19.5 Å². The molecule has 5 nitrogen and oxygen atoms in total. The molecule has 3 fully saturated rings. The van der Waals surface area contributed by atoms with Gasteiger partial charge in [-0.2, -0.15) is 0 Å². The first kappa shape index (κ1) is 14.5. The Balaban J connectivity index is 1.80. The molecule has 2 unspecified atom stereocenters. The quantitative estimate of drug-likeness (QED) is 0.793. The Bertz CT molecular complexity index is 363. The van der Waals surface area contributed by atoms with Gasteiger partial charge in [-0.3, -0.25) is 19.4 Å². The Morgan fingerprint density at radius 2 is 1.74 bits per heavy atom. The lowest BCUT2D eigenvalue weighted by Gasteiger charge is -2.56. The molecule has 3 heterocycles. The second kappa shape index (κ2) is 5.21. The molecule has 19 heavy (non-hydrogen) atoms. The van der Waals surface area contributed by atoms with Crippen molar-refractivity contribution < 1.29 is 9.59 Å². The van der Waals surface area contributed by atoms with Gasteiger partial charge >= 0.3 is 0 Å². The second-order valence-corrected chi connectivity index (χ2v) is 6.91. The summed E-state index contributed by atoms with van der Waals surface area (Å²) in [5.74, 6) is 0.320. The summed E-state index contributed by atoms with van der Waals surface area (Å²) in [6, 6.07) is 0.896. The fourth-order valence-electron chi connectivity index (χ4n) is 3.10. The van der Waals surface area contributed by atoms with Gasteiger partial charge in [-0.15, -0.1) is 0 Å². The number of carbonyl (C=O) groups excluding carboxylic acids is 2. The van der Waals surface area contributed by atoms with Crippen molar-refractivity contribution in [1.29, 1.82) is 0 Å². The minimum atomic E-state index is -0.169. The normalized spacial score (nSPS) is 27.8. The van der Waals surface area contributed by atoms with E-state index >= 15 is 0 Å². The number of carbonyl (C=O) groups is 2. The molecular weight excluding hydrogens is 242 g/mol. The number of hydrogen-bond acceptors (Lipinski definition) is 4. The van der Waals surface area contributed by atoms with E-state index in [0.29, 0.717) is 25.2 Å². The lowest BCUT2D eigenvalue weighted by atomic mass is 9.87. The second-order valence-electron chi connectivity index (χ2n) is 6.91. The summed E-state index contributed by atoms with van der Waals surface area (Å²) >= 11 is 0. The van der Waals surface area contributed by atoms with Crippen LogP contribution in [0.1, 0.15) is 34.1 Å². The van der Waals surface area contributed by atoms with Crippen LogP contribution in [-0.2, 0) is 9.59 Å². The van der Waals surface area contributed by atoms with Crippen LogP contribution in [0.2, 0.25) is 0 Å². The Hall–Kier alpha value is -0.940. The molecule has 2 bridgehead atoms. The fraction of sp³-hybridized carbons (Fsp3) is 0.857. The summed E-state index contributed by atoms with van der Waals surface area (Å²) in [6.07, 6.45) is 1.16. The van der Waals surface area contributed by atoms with Gasteiger partial charge in [-0.05, 0) is 34.1 Å². The van der Waals surface area contributed by atoms with Gasteiger partial charge in [0, 0.05) is 30.7 Å². The molecule has 1 N–H and O–H groups in total. The molecule has 3 saturated heterocycles. The van der Waals surface area contributed by atoms with Crippen LogP contribution in [0.5, 0.6) is 0 Å². The van der Waals surface area contributed by atoms with Gasteiger partial charge < -0.3 is 5.32 Å². The molecule has 0 spiro atoms. The number of Topliss-reactive ketones (excluding diaryl/α,β-unsaturated/α-hetero) is 1. The molecule has 0 radical (unpaired) electrons. The first-order chi connectivity index (χ1) is 8.74. The number of nitrogens with one attached hydrogen (secondary N) is 1. The van der Waals surface area contributed by atoms with E-state index in [9.17, 15) is 9.59 Å². The molecule has 2 atom stereocenters. The van der Waals surface area contributed by atoms with E-state index in [2.05, 4.69) is 15.1 Å². The van der Waals surface area contributed by atoms with Crippen LogP contribution in [0.25, 0.3) is 0 Å². The van der Waals surface area contributed by atoms with Gasteiger partial charge in [-0.1, -0.05) is 0 Å². The number of amides is 1. The van der Waals surface area contributed by atoms with Gasteiger partial charge in [0.1, 0.15) is 5.78 Å². The highest BCUT2D eigenvalue weighted by Gasteiger charge is 2.45. The predicted octanol–water partition coefficient (Wildman–Crippen LogP) is 0.249. The molecule has 3 aliphatic heterocycles. The van der Waals surface area contributed by atoms with Crippen LogP contribution >= 0.6 is 0 Å².